The van der Waals surface area contributed by atoms with Crippen LogP contribution >= 0.6 is 0 Å². The standard InChI is InChI=1S/C11H9F2NO/c12-7-5-8(13)10-6(1-4-15-10)9(7)11(14)2-3-11/h1,4-5H,2-3,14H2. The van der Waals surface area contributed by atoms with Crippen molar-refractivity contribution >= 4 is 11.0 Å². The Balaban J connectivity index is 2.41. The van der Waals surface area contributed by atoms with E-state index in [1.165, 1.54) is 6.26 Å². The number of rotatable bonds is 1. The van der Waals surface area contributed by atoms with Gasteiger partial charge >= 0.3 is 0 Å². The first-order valence-electron chi connectivity index (χ1n) is 4.76. The van der Waals surface area contributed by atoms with Crippen LogP contribution in [0, 0.1) is 11.6 Å². The highest BCUT2D eigenvalue weighted by molar-refractivity contribution is 5.83. The van der Waals surface area contributed by atoms with Crippen molar-refractivity contribution in [3.63, 3.8) is 0 Å². The van der Waals surface area contributed by atoms with Gasteiger partial charge in [-0.05, 0) is 18.9 Å². The number of hydrogen-bond donors (Lipinski definition) is 1. The Kier molecular flexibility index (Phi) is 1.52. The minimum Gasteiger partial charge on any atom is -0.461 e. The molecule has 3 rings (SSSR count). The van der Waals surface area contributed by atoms with Gasteiger partial charge in [-0.2, -0.15) is 0 Å². The monoisotopic (exact) mass is 209 g/mol. The zero-order valence-corrected chi connectivity index (χ0v) is 7.89. The number of fused-ring (bicyclic) bond motifs is 1. The van der Waals surface area contributed by atoms with Crippen LogP contribution in [0.3, 0.4) is 0 Å². The van der Waals surface area contributed by atoms with Crippen molar-refractivity contribution in [1.82, 2.24) is 0 Å². The number of halogens is 2. The molecule has 0 bridgehead atoms. The molecule has 4 heteroatoms. The lowest BCUT2D eigenvalue weighted by atomic mass is 10.0. The lowest BCUT2D eigenvalue weighted by Gasteiger charge is -2.11. The average Bonchev–Trinajstić information content (AvgIpc) is 2.74. The first kappa shape index (κ1) is 8.85. The summed E-state index contributed by atoms with van der Waals surface area (Å²) in [5.74, 6) is -1.26. The highest BCUT2D eigenvalue weighted by atomic mass is 19.1. The second-order valence-electron chi connectivity index (χ2n) is 4.03. The van der Waals surface area contributed by atoms with Gasteiger partial charge < -0.3 is 10.2 Å². The molecule has 0 radical (unpaired) electrons. The smallest absolute Gasteiger partial charge is 0.170 e. The summed E-state index contributed by atoms with van der Waals surface area (Å²) in [6, 6.07) is 2.40. The van der Waals surface area contributed by atoms with Crippen molar-refractivity contribution in [3.05, 3.63) is 35.6 Å². The van der Waals surface area contributed by atoms with E-state index in [0.29, 0.717) is 10.9 Å². The highest BCUT2D eigenvalue weighted by Gasteiger charge is 2.44. The summed E-state index contributed by atoms with van der Waals surface area (Å²) in [4.78, 5) is 0. The molecule has 0 aliphatic heterocycles. The van der Waals surface area contributed by atoms with Gasteiger partial charge in [0, 0.05) is 22.6 Å². The number of hydrogen-bond acceptors (Lipinski definition) is 2. The SMILES string of the molecule is NC1(c2c(F)cc(F)c3occc23)CC1. The van der Waals surface area contributed by atoms with Crippen LogP contribution in [0.4, 0.5) is 8.78 Å². The summed E-state index contributed by atoms with van der Waals surface area (Å²) in [5, 5.41) is 0.451. The largest absolute Gasteiger partial charge is 0.461 e. The van der Waals surface area contributed by atoms with Crippen LogP contribution in [0.15, 0.2) is 22.8 Å². The van der Waals surface area contributed by atoms with E-state index in [1.807, 2.05) is 0 Å². The van der Waals surface area contributed by atoms with E-state index in [2.05, 4.69) is 0 Å². The van der Waals surface area contributed by atoms with Crippen LogP contribution in [-0.2, 0) is 5.54 Å². The number of benzene rings is 1. The second kappa shape index (κ2) is 2.58. The topological polar surface area (TPSA) is 39.2 Å². The molecule has 2 aromatic rings. The predicted molar refractivity (Wildman–Crippen MR) is 51.2 cm³/mol. The highest BCUT2D eigenvalue weighted by Crippen LogP contribution is 2.47. The number of furan rings is 1. The normalized spacial score (nSPS) is 18.3. The molecule has 2 N–H and O–H groups in total. The molecule has 15 heavy (non-hydrogen) atoms. The molecule has 2 nitrogen and oxygen atoms in total. The molecule has 78 valence electrons. The maximum atomic E-state index is 13.6. The Morgan fingerprint density at radius 1 is 1.27 bits per heavy atom. The van der Waals surface area contributed by atoms with Gasteiger partial charge in [0.2, 0.25) is 0 Å². The third kappa shape index (κ3) is 1.11. The molecule has 0 saturated heterocycles. The van der Waals surface area contributed by atoms with Crippen molar-refractivity contribution in [2.45, 2.75) is 18.4 Å². The molecule has 0 unspecified atom stereocenters. The third-order valence-corrected chi connectivity index (χ3v) is 2.93. The Morgan fingerprint density at radius 3 is 2.67 bits per heavy atom. The van der Waals surface area contributed by atoms with Gasteiger partial charge in [0.05, 0.1) is 6.26 Å². The maximum absolute atomic E-state index is 13.6. The molecular formula is C11H9F2NO. The van der Waals surface area contributed by atoms with Crippen LogP contribution in [0.5, 0.6) is 0 Å². The molecule has 1 aliphatic carbocycles. The van der Waals surface area contributed by atoms with Crippen molar-refractivity contribution in [2.75, 3.05) is 0 Å². The van der Waals surface area contributed by atoms with Crippen LogP contribution in [0.25, 0.3) is 11.0 Å². The molecule has 1 fully saturated rings. The molecule has 0 amide bonds. The van der Waals surface area contributed by atoms with Crippen LogP contribution < -0.4 is 5.73 Å². The minimum absolute atomic E-state index is 0.0862. The summed E-state index contributed by atoms with van der Waals surface area (Å²) in [5.41, 5.74) is 5.78. The van der Waals surface area contributed by atoms with Crippen LogP contribution in [0.2, 0.25) is 0 Å². The zero-order valence-electron chi connectivity index (χ0n) is 7.89. The van der Waals surface area contributed by atoms with Crippen LogP contribution in [0.1, 0.15) is 18.4 Å². The van der Waals surface area contributed by atoms with Crippen LogP contribution in [-0.4, -0.2) is 0 Å². The van der Waals surface area contributed by atoms with Gasteiger partial charge in [0.25, 0.3) is 0 Å². The average molecular weight is 209 g/mol. The van der Waals surface area contributed by atoms with Gasteiger partial charge in [0.15, 0.2) is 11.4 Å². The Hall–Kier alpha value is -1.42. The van der Waals surface area contributed by atoms with E-state index in [1.54, 1.807) is 6.07 Å². The molecular weight excluding hydrogens is 200 g/mol. The van der Waals surface area contributed by atoms with Gasteiger partial charge in [0.1, 0.15) is 5.82 Å². The fraction of sp³-hybridized carbons (Fsp3) is 0.273. The fourth-order valence-corrected chi connectivity index (χ4v) is 1.96. The summed E-state index contributed by atoms with van der Waals surface area (Å²) < 4.78 is 31.9. The first-order valence-corrected chi connectivity index (χ1v) is 4.76. The van der Waals surface area contributed by atoms with Gasteiger partial charge in [-0.1, -0.05) is 0 Å². The van der Waals surface area contributed by atoms with E-state index < -0.39 is 17.2 Å². The van der Waals surface area contributed by atoms with Crippen molar-refractivity contribution in [3.8, 4) is 0 Å². The lowest BCUT2D eigenvalue weighted by molar-refractivity contribution is 0.534. The molecule has 1 aliphatic rings. The van der Waals surface area contributed by atoms with Gasteiger partial charge in [-0.25, -0.2) is 8.78 Å². The van der Waals surface area contributed by atoms with E-state index >= 15 is 0 Å². The predicted octanol–water partition coefficient (Wildman–Crippen LogP) is 2.66. The summed E-state index contributed by atoms with van der Waals surface area (Å²) in [6.07, 6.45) is 2.81. The van der Waals surface area contributed by atoms with E-state index in [9.17, 15) is 8.78 Å². The van der Waals surface area contributed by atoms with Gasteiger partial charge in [-0.15, -0.1) is 0 Å². The summed E-state index contributed by atoms with van der Waals surface area (Å²) in [7, 11) is 0. The van der Waals surface area contributed by atoms with Gasteiger partial charge in [-0.3, -0.25) is 0 Å². The summed E-state index contributed by atoms with van der Waals surface area (Å²) in [6.45, 7) is 0. The third-order valence-electron chi connectivity index (χ3n) is 2.93. The number of nitrogens with two attached hydrogens (primary N) is 1. The van der Waals surface area contributed by atoms with Crippen molar-refractivity contribution in [2.24, 2.45) is 5.73 Å². The van der Waals surface area contributed by atoms with Crippen molar-refractivity contribution < 1.29 is 13.2 Å². The summed E-state index contributed by atoms with van der Waals surface area (Å²) >= 11 is 0. The zero-order chi connectivity index (χ0) is 10.6. The fourth-order valence-electron chi connectivity index (χ4n) is 1.96. The van der Waals surface area contributed by atoms with Crippen molar-refractivity contribution in [1.29, 1.82) is 0 Å². The van der Waals surface area contributed by atoms with E-state index in [-0.39, 0.29) is 5.58 Å². The molecule has 1 saturated carbocycles. The molecule has 0 atom stereocenters. The molecule has 0 spiro atoms. The second-order valence-corrected chi connectivity index (χ2v) is 4.03. The first-order chi connectivity index (χ1) is 7.12. The Labute approximate surface area is 84.7 Å². The Bertz CT molecular complexity index is 543. The van der Waals surface area contributed by atoms with E-state index in [4.69, 9.17) is 10.2 Å². The Morgan fingerprint density at radius 2 is 2.00 bits per heavy atom. The molecule has 1 heterocycles. The lowest BCUT2D eigenvalue weighted by Crippen LogP contribution is -2.20. The molecule has 1 aromatic carbocycles. The maximum Gasteiger partial charge on any atom is 0.170 e. The quantitative estimate of drug-likeness (QED) is 0.784. The van der Waals surface area contributed by atoms with E-state index in [0.717, 1.165) is 18.9 Å². The minimum atomic E-state index is -0.680. The molecule has 1 aromatic heterocycles.